The van der Waals surface area contributed by atoms with Crippen molar-refractivity contribution < 1.29 is 14.3 Å². The van der Waals surface area contributed by atoms with Crippen LogP contribution in [-0.4, -0.2) is 40.0 Å². The van der Waals surface area contributed by atoms with Crippen LogP contribution in [0, 0.1) is 5.92 Å². The molecule has 2 fully saturated rings. The summed E-state index contributed by atoms with van der Waals surface area (Å²) in [6, 6.07) is 13.4. The third-order valence-electron chi connectivity index (χ3n) is 5.10. The molecule has 0 spiro atoms. The zero-order valence-electron chi connectivity index (χ0n) is 15.3. The highest BCUT2D eigenvalue weighted by atomic mass is 16.5. The van der Waals surface area contributed by atoms with Gasteiger partial charge in [-0.25, -0.2) is 9.78 Å². The predicted octanol–water partition coefficient (Wildman–Crippen LogP) is 3.07. The zero-order chi connectivity index (χ0) is 19.1. The Labute approximate surface area is 161 Å². The van der Waals surface area contributed by atoms with E-state index < -0.39 is 0 Å². The minimum absolute atomic E-state index is 0.106. The van der Waals surface area contributed by atoms with Gasteiger partial charge in [0, 0.05) is 18.2 Å². The summed E-state index contributed by atoms with van der Waals surface area (Å²) in [5.41, 5.74) is 3.76. The van der Waals surface area contributed by atoms with E-state index >= 15 is 0 Å². The Hall–Kier alpha value is -3.35. The number of carbonyl (C=O) groups excluding carboxylic acids is 2. The number of aromatic nitrogens is 2. The van der Waals surface area contributed by atoms with E-state index in [1.54, 1.807) is 0 Å². The van der Waals surface area contributed by atoms with E-state index in [0.29, 0.717) is 6.54 Å². The van der Waals surface area contributed by atoms with E-state index in [9.17, 15) is 9.59 Å². The summed E-state index contributed by atoms with van der Waals surface area (Å²) in [5, 5.41) is 2.29. The number of carbonyl (C=O) groups is 2. The van der Waals surface area contributed by atoms with Crippen LogP contribution < -0.4 is 10.1 Å². The molecule has 142 valence electrons. The molecule has 0 unspecified atom stereocenters. The van der Waals surface area contributed by atoms with Crippen molar-refractivity contribution in [1.82, 2.24) is 20.2 Å². The van der Waals surface area contributed by atoms with Gasteiger partial charge in [-0.05, 0) is 36.5 Å². The van der Waals surface area contributed by atoms with Crippen LogP contribution in [0.5, 0.6) is 5.75 Å². The van der Waals surface area contributed by atoms with Crippen molar-refractivity contribution >= 4 is 23.0 Å². The average molecular weight is 376 g/mol. The molecule has 1 saturated heterocycles. The molecule has 1 saturated carbocycles. The Morgan fingerprint density at radius 3 is 2.64 bits per heavy atom. The highest BCUT2D eigenvalue weighted by Gasteiger charge is 2.26. The van der Waals surface area contributed by atoms with Crippen molar-refractivity contribution in [3.8, 4) is 17.1 Å². The zero-order valence-corrected chi connectivity index (χ0v) is 15.3. The van der Waals surface area contributed by atoms with Crippen molar-refractivity contribution in [2.24, 2.45) is 5.92 Å². The van der Waals surface area contributed by atoms with Crippen LogP contribution in [0.15, 0.2) is 42.5 Å². The van der Waals surface area contributed by atoms with Crippen molar-refractivity contribution in [1.29, 1.82) is 0 Å². The van der Waals surface area contributed by atoms with Gasteiger partial charge < -0.3 is 14.6 Å². The Balaban J connectivity index is 1.31. The second-order valence-electron chi connectivity index (χ2n) is 7.43. The van der Waals surface area contributed by atoms with Gasteiger partial charge in [0.05, 0.1) is 17.6 Å². The molecule has 28 heavy (non-hydrogen) atoms. The molecule has 1 aromatic heterocycles. The van der Waals surface area contributed by atoms with Gasteiger partial charge in [-0.1, -0.05) is 24.3 Å². The Kier molecular flexibility index (Phi) is 4.00. The predicted molar refractivity (Wildman–Crippen MR) is 104 cm³/mol. The minimum atomic E-state index is -0.342. The molecule has 3 aromatic rings. The summed E-state index contributed by atoms with van der Waals surface area (Å²) >= 11 is 0. The molecule has 5 rings (SSSR count). The number of aromatic amines is 1. The van der Waals surface area contributed by atoms with Crippen LogP contribution in [0.4, 0.5) is 4.79 Å². The van der Waals surface area contributed by atoms with E-state index in [-0.39, 0.29) is 18.5 Å². The number of hydrogen-bond donors (Lipinski definition) is 2. The number of nitrogens with zero attached hydrogens (tertiary/aromatic N) is 2. The highest BCUT2D eigenvalue weighted by molar-refractivity contribution is 6.01. The third kappa shape index (κ3) is 3.43. The maximum Gasteiger partial charge on any atom is 0.324 e. The molecule has 1 aliphatic heterocycles. The second kappa shape index (κ2) is 6.67. The lowest BCUT2D eigenvalue weighted by molar-refractivity contribution is -0.118. The average Bonchev–Trinajstić information content (AvgIpc) is 3.34. The number of ether oxygens (including phenoxy) is 1. The van der Waals surface area contributed by atoms with E-state index in [1.165, 1.54) is 17.7 Å². The summed E-state index contributed by atoms with van der Waals surface area (Å²) in [7, 11) is 0. The van der Waals surface area contributed by atoms with Crippen molar-refractivity contribution in [2.45, 2.75) is 19.4 Å². The van der Waals surface area contributed by atoms with Gasteiger partial charge >= 0.3 is 6.03 Å². The van der Waals surface area contributed by atoms with Crippen LogP contribution >= 0.6 is 0 Å². The molecule has 2 N–H and O–H groups in total. The second-order valence-corrected chi connectivity index (χ2v) is 7.43. The quantitative estimate of drug-likeness (QED) is 0.647. The van der Waals surface area contributed by atoms with Crippen LogP contribution in [0.25, 0.3) is 22.4 Å². The smallest absolute Gasteiger partial charge is 0.324 e. The molecule has 2 heterocycles. The van der Waals surface area contributed by atoms with E-state index in [1.807, 2.05) is 42.5 Å². The van der Waals surface area contributed by atoms with Crippen LogP contribution in [0.2, 0.25) is 0 Å². The molecule has 2 aliphatic rings. The molecular formula is C21H20N4O3. The van der Waals surface area contributed by atoms with Gasteiger partial charge in [0.2, 0.25) is 5.91 Å². The Bertz CT molecular complexity index is 1050. The molecule has 0 atom stereocenters. The standard InChI is InChI=1S/C21H20N4O3/c26-19-11-25(21(27)24-19)10-13-3-5-15(6-4-13)20-22-17-8-7-16(9-18(17)23-20)28-12-14-1-2-14/h3-9,14H,1-2,10-12H2,(H,22,23)(H,24,26,27). The lowest BCUT2D eigenvalue weighted by atomic mass is 10.1. The number of hydrogen-bond acceptors (Lipinski definition) is 4. The van der Waals surface area contributed by atoms with Crippen molar-refractivity contribution in [3.63, 3.8) is 0 Å². The normalized spacial score (nSPS) is 16.6. The molecule has 7 nitrogen and oxygen atoms in total. The van der Waals surface area contributed by atoms with Gasteiger partial charge in [-0.3, -0.25) is 10.1 Å². The number of benzene rings is 2. The number of urea groups is 1. The van der Waals surface area contributed by atoms with E-state index in [0.717, 1.165) is 46.3 Å². The Morgan fingerprint density at radius 1 is 1.11 bits per heavy atom. The number of nitrogens with one attached hydrogen (secondary N) is 2. The molecule has 0 bridgehead atoms. The Morgan fingerprint density at radius 2 is 1.93 bits per heavy atom. The fraction of sp³-hybridized carbons (Fsp3) is 0.286. The highest BCUT2D eigenvalue weighted by Crippen LogP contribution is 2.30. The van der Waals surface area contributed by atoms with Crippen molar-refractivity contribution in [3.05, 3.63) is 48.0 Å². The van der Waals surface area contributed by atoms with E-state index in [4.69, 9.17) is 4.74 Å². The maximum atomic E-state index is 11.7. The minimum Gasteiger partial charge on any atom is -0.493 e. The number of rotatable bonds is 6. The first-order valence-electron chi connectivity index (χ1n) is 9.45. The summed E-state index contributed by atoms with van der Waals surface area (Å²) in [5.74, 6) is 2.11. The fourth-order valence-corrected chi connectivity index (χ4v) is 3.31. The summed E-state index contributed by atoms with van der Waals surface area (Å²) < 4.78 is 5.84. The molecule has 0 radical (unpaired) electrons. The first-order valence-corrected chi connectivity index (χ1v) is 9.45. The lowest BCUT2D eigenvalue weighted by Crippen LogP contribution is -2.27. The van der Waals surface area contributed by atoms with Gasteiger partial charge in [-0.15, -0.1) is 0 Å². The van der Waals surface area contributed by atoms with E-state index in [2.05, 4.69) is 15.3 Å². The van der Waals surface area contributed by atoms with Gasteiger partial charge in [0.1, 0.15) is 18.1 Å². The molecule has 7 heteroatoms. The van der Waals surface area contributed by atoms with Crippen molar-refractivity contribution in [2.75, 3.05) is 13.2 Å². The number of H-pyrrole nitrogens is 1. The number of fused-ring (bicyclic) bond motifs is 1. The van der Waals surface area contributed by atoms with Gasteiger partial charge in [0.15, 0.2) is 0 Å². The molecule has 1 aliphatic carbocycles. The summed E-state index contributed by atoms with van der Waals surface area (Å²) in [4.78, 5) is 32.4. The topological polar surface area (TPSA) is 87.3 Å². The largest absolute Gasteiger partial charge is 0.493 e. The summed E-state index contributed by atoms with van der Waals surface area (Å²) in [6.45, 7) is 1.30. The van der Waals surface area contributed by atoms with Crippen LogP contribution in [0.3, 0.4) is 0 Å². The number of imide groups is 1. The van der Waals surface area contributed by atoms with Gasteiger partial charge in [0.25, 0.3) is 0 Å². The van der Waals surface area contributed by atoms with Crippen LogP contribution in [0.1, 0.15) is 18.4 Å². The first kappa shape index (κ1) is 16.8. The first-order chi connectivity index (χ1) is 13.6. The molecular weight excluding hydrogens is 356 g/mol. The van der Waals surface area contributed by atoms with Gasteiger partial charge in [-0.2, -0.15) is 0 Å². The maximum absolute atomic E-state index is 11.7. The third-order valence-corrected chi connectivity index (χ3v) is 5.10. The monoisotopic (exact) mass is 376 g/mol. The SMILES string of the molecule is O=C1CN(Cc2ccc(-c3nc4ccc(OCC5CC5)cc4[nH]3)cc2)C(=O)N1. The number of amides is 3. The van der Waals surface area contributed by atoms with Crippen LogP contribution in [-0.2, 0) is 11.3 Å². The molecule has 3 amide bonds. The molecule has 2 aromatic carbocycles. The number of imidazole rings is 1. The fourth-order valence-electron chi connectivity index (χ4n) is 3.31. The lowest BCUT2D eigenvalue weighted by Gasteiger charge is -2.13. The summed E-state index contributed by atoms with van der Waals surface area (Å²) in [6.07, 6.45) is 2.54.